The monoisotopic (exact) mass is 274 g/mol. The number of aromatic hydroxyl groups is 1. The Balaban J connectivity index is 1.51. The average molecular weight is 274 g/mol. The molecule has 110 valence electrons. The number of rotatable bonds is 3. The summed E-state index contributed by atoms with van der Waals surface area (Å²) in [6.07, 6.45) is 5.67. The molecule has 2 aliphatic rings. The van der Waals surface area contributed by atoms with Gasteiger partial charge in [0.1, 0.15) is 5.75 Å². The van der Waals surface area contributed by atoms with Gasteiger partial charge in [0.15, 0.2) is 0 Å². The molecular formula is C17H26N2O. The molecule has 0 amide bonds. The zero-order valence-electron chi connectivity index (χ0n) is 12.5. The molecule has 20 heavy (non-hydrogen) atoms. The van der Waals surface area contributed by atoms with Crippen LogP contribution in [0.1, 0.15) is 36.8 Å². The molecule has 0 bridgehead atoms. The Morgan fingerprint density at radius 2 is 1.80 bits per heavy atom. The summed E-state index contributed by atoms with van der Waals surface area (Å²) in [5.41, 5.74) is 2.18. The van der Waals surface area contributed by atoms with Crippen molar-refractivity contribution in [1.82, 2.24) is 9.80 Å². The molecule has 1 saturated heterocycles. The van der Waals surface area contributed by atoms with Crippen molar-refractivity contribution in [3.8, 4) is 5.75 Å². The molecule has 0 aromatic heterocycles. The molecular weight excluding hydrogens is 248 g/mol. The van der Waals surface area contributed by atoms with Crippen molar-refractivity contribution in [3.63, 3.8) is 0 Å². The van der Waals surface area contributed by atoms with Gasteiger partial charge < -0.3 is 5.11 Å². The first-order valence-corrected chi connectivity index (χ1v) is 7.97. The lowest BCUT2D eigenvalue weighted by molar-refractivity contribution is 0.0937. The molecule has 1 heterocycles. The van der Waals surface area contributed by atoms with Crippen molar-refractivity contribution in [2.45, 2.75) is 45.2 Å². The summed E-state index contributed by atoms with van der Waals surface area (Å²) in [5.74, 6) is 0.423. The van der Waals surface area contributed by atoms with Crippen LogP contribution in [-0.4, -0.2) is 47.1 Å². The summed E-state index contributed by atoms with van der Waals surface area (Å²) in [4.78, 5) is 5.20. The van der Waals surface area contributed by atoms with Crippen molar-refractivity contribution in [2.75, 3.05) is 26.2 Å². The second-order valence-corrected chi connectivity index (χ2v) is 6.37. The Hall–Kier alpha value is -1.06. The Labute approximate surface area is 122 Å². The summed E-state index contributed by atoms with van der Waals surface area (Å²) >= 11 is 0. The van der Waals surface area contributed by atoms with Gasteiger partial charge in [0, 0.05) is 38.8 Å². The second-order valence-electron chi connectivity index (χ2n) is 6.37. The summed E-state index contributed by atoms with van der Waals surface area (Å²) in [7, 11) is 0. The molecule has 0 atom stereocenters. The van der Waals surface area contributed by atoms with Crippen molar-refractivity contribution < 1.29 is 5.11 Å². The molecule has 1 aromatic carbocycles. The van der Waals surface area contributed by atoms with Crippen LogP contribution >= 0.6 is 0 Å². The van der Waals surface area contributed by atoms with Crippen LogP contribution in [0.4, 0.5) is 0 Å². The van der Waals surface area contributed by atoms with Crippen molar-refractivity contribution in [1.29, 1.82) is 0 Å². The van der Waals surface area contributed by atoms with Crippen LogP contribution in [0.3, 0.4) is 0 Å². The maximum Gasteiger partial charge on any atom is 0.118 e. The number of aryl methyl sites for hydroxylation is 1. The van der Waals surface area contributed by atoms with Crippen LogP contribution in [0.5, 0.6) is 5.75 Å². The smallest absolute Gasteiger partial charge is 0.118 e. The van der Waals surface area contributed by atoms with Gasteiger partial charge in [-0.15, -0.1) is 0 Å². The summed E-state index contributed by atoms with van der Waals surface area (Å²) in [6, 6.07) is 6.93. The van der Waals surface area contributed by atoms with E-state index in [1.165, 1.54) is 44.3 Å². The molecule has 2 fully saturated rings. The Morgan fingerprint density at radius 3 is 2.45 bits per heavy atom. The minimum atomic E-state index is 0.423. The Morgan fingerprint density at radius 1 is 1.10 bits per heavy atom. The third-order valence-electron chi connectivity index (χ3n) is 4.93. The fraction of sp³-hybridized carbons (Fsp3) is 0.647. The molecule has 1 aliphatic carbocycles. The van der Waals surface area contributed by atoms with Crippen molar-refractivity contribution in [2.24, 2.45) is 0 Å². The second kappa shape index (κ2) is 6.15. The molecule has 0 unspecified atom stereocenters. The first-order valence-electron chi connectivity index (χ1n) is 7.97. The summed E-state index contributed by atoms with van der Waals surface area (Å²) in [5, 5.41) is 9.79. The molecule has 3 nitrogen and oxygen atoms in total. The van der Waals surface area contributed by atoms with Crippen LogP contribution in [0.2, 0.25) is 0 Å². The van der Waals surface area contributed by atoms with Crippen LogP contribution < -0.4 is 0 Å². The molecule has 1 aromatic rings. The zero-order valence-corrected chi connectivity index (χ0v) is 12.5. The first-order chi connectivity index (χ1) is 9.72. The van der Waals surface area contributed by atoms with Gasteiger partial charge in [-0.3, -0.25) is 9.80 Å². The molecule has 1 saturated carbocycles. The van der Waals surface area contributed by atoms with E-state index in [9.17, 15) is 5.11 Å². The predicted octanol–water partition coefficient (Wildman–Crippen LogP) is 2.76. The minimum Gasteiger partial charge on any atom is -0.508 e. The van der Waals surface area contributed by atoms with E-state index in [0.29, 0.717) is 5.75 Å². The van der Waals surface area contributed by atoms with Crippen LogP contribution in [0.15, 0.2) is 18.2 Å². The van der Waals surface area contributed by atoms with Crippen LogP contribution in [0.25, 0.3) is 0 Å². The lowest BCUT2D eigenvalue weighted by atomic mass is 10.1. The molecule has 3 rings (SSSR count). The molecule has 0 spiro atoms. The van der Waals surface area contributed by atoms with E-state index in [-0.39, 0.29) is 0 Å². The van der Waals surface area contributed by atoms with E-state index in [2.05, 4.69) is 15.9 Å². The van der Waals surface area contributed by atoms with E-state index in [1.807, 2.05) is 19.1 Å². The van der Waals surface area contributed by atoms with Crippen molar-refractivity contribution in [3.05, 3.63) is 29.3 Å². The minimum absolute atomic E-state index is 0.423. The van der Waals surface area contributed by atoms with E-state index in [1.54, 1.807) is 0 Å². The third-order valence-corrected chi connectivity index (χ3v) is 4.93. The highest BCUT2D eigenvalue weighted by molar-refractivity contribution is 5.35. The molecule has 1 N–H and O–H groups in total. The van der Waals surface area contributed by atoms with Crippen LogP contribution in [-0.2, 0) is 6.54 Å². The van der Waals surface area contributed by atoms with Gasteiger partial charge in [-0.25, -0.2) is 0 Å². The SMILES string of the molecule is Cc1ccc(CN2CCN(C3CCCC3)CC2)cc1O. The van der Waals surface area contributed by atoms with Crippen molar-refractivity contribution >= 4 is 0 Å². The fourth-order valence-electron chi connectivity index (χ4n) is 3.57. The number of hydrogen-bond donors (Lipinski definition) is 1. The van der Waals surface area contributed by atoms with Gasteiger partial charge >= 0.3 is 0 Å². The van der Waals surface area contributed by atoms with Gasteiger partial charge in [-0.1, -0.05) is 25.0 Å². The number of phenols is 1. The van der Waals surface area contributed by atoms with Gasteiger partial charge in [-0.05, 0) is 37.0 Å². The molecule has 0 radical (unpaired) electrons. The largest absolute Gasteiger partial charge is 0.508 e. The van der Waals surface area contributed by atoms with E-state index in [0.717, 1.165) is 31.2 Å². The van der Waals surface area contributed by atoms with E-state index in [4.69, 9.17) is 0 Å². The van der Waals surface area contributed by atoms with Gasteiger partial charge in [-0.2, -0.15) is 0 Å². The fourth-order valence-corrected chi connectivity index (χ4v) is 3.57. The topological polar surface area (TPSA) is 26.7 Å². The van der Waals surface area contributed by atoms with Crippen LogP contribution in [0, 0.1) is 6.92 Å². The van der Waals surface area contributed by atoms with Gasteiger partial charge in [0.2, 0.25) is 0 Å². The predicted molar refractivity (Wildman–Crippen MR) is 81.9 cm³/mol. The molecule has 1 aliphatic heterocycles. The van der Waals surface area contributed by atoms with E-state index < -0.39 is 0 Å². The average Bonchev–Trinajstić information content (AvgIpc) is 2.98. The zero-order chi connectivity index (χ0) is 13.9. The maximum atomic E-state index is 9.79. The van der Waals surface area contributed by atoms with E-state index >= 15 is 0 Å². The highest BCUT2D eigenvalue weighted by Crippen LogP contribution is 2.25. The lowest BCUT2D eigenvalue weighted by Crippen LogP contribution is -2.49. The highest BCUT2D eigenvalue weighted by Gasteiger charge is 2.25. The quantitative estimate of drug-likeness (QED) is 0.918. The number of nitrogens with zero attached hydrogens (tertiary/aromatic N) is 2. The third kappa shape index (κ3) is 3.15. The van der Waals surface area contributed by atoms with Gasteiger partial charge in [0.25, 0.3) is 0 Å². The molecule has 3 heteroatoms. The van der Waals surface area contributed by atoms with Gasteiger partial charge in [0.05, 0.1) is 0 Å². The number of benzene rings is 1. The first kappa shape index (κ1) is 13.9. The standard InChI is InChI=1S/C17H26N2O/c1-14-6-7-15(12-17(14)20)13-18-8-10-19(11-9-18)16-4-2-3-5-16/h6-7,12,16,20H,2-5,8-11,13H2,1H3. The Bertz CT molecular complexity index is 446. The highest BCUT2D eigenvalue weighted by atomic mass is 16.3. The maximum absolute atomic E-state index is 9.79. The number of piperazine rings is 1. The summed E-state index contributed by atoms with van der Waals surface area (Å²) < 4.78 is 0. The normalized spacial score (nSPS) is 22.4. The number of phenolic OH excluding ortho intramolecular Hbond substituents is 1. The number of hydrogen-bond acceptors (Lipinski definition) is 3. The lowest BCUT2D eigenvalue weighted by Gasteiger charge is -2.38. The Kier molecular flexibility index (Phi) is 4.27. The summed E-state index contributed by atoms with van der Waals surface area (Å²) in [6.45, 7) is 7.65.